The van der Waals surface area contributed by atoms with Crippen LogP contribution in [0.2, 0.25) is 5.02 Å². The molecule has 1 rings (SSSR count). The smallest absolute Gasteiger partial charge is 0.317 e. The number of nitro groups is 1. The summed E-state index contributed by atoms with van der Waals surface area (Å²) in [6.07, 6.45) is 0.217. The van der Waals surface area contributed by atoms with E-state index in [1.54, 1.807) is 6.92 Å². The molecule has 0 amide bonds. The standard InChI is InChI=1S/C9H8ClNO4S/c1-2-9(12)15-16-8-4-3-6(10)5-7(8)11(13)14/h3-5H,2H2,1H3. The Morgan fingerprint density at radius 3 is 2.88 bits per heavy atom. The predicted octanol–water partition coefficient (Wildman–Crippen LogP) is 3.21. The van der Waals surface area contributed by atoms with Crippen molar-refractivity contribution in [2.45, 2.75) is 18.2 Å². The molecule has 0 saturated carbocycles. The summed E-state index contributed by atoms with van der Waals surface area (Å²) < 4.78 is 4.74. The molecule has 0 heterocycles. The monoisotopic (exact) mass is 261 g/mol. The summed E-state index contributed by atoms with van der Waals surface area (Å²) in [5.74, 6) is -0.436. The minimum Gasteiger partial charge on any atom is -0.386 e. The Kier molecular flexibility index (Phi) is 4.57. The van der Waals surface area contributed by atoms with Gasteiger partial charge in [-0.25, -0.2) is 0 Å². The first kappa shape index (κ1) is 12.8. The first-order valence-corrected chi connectivity index (χ1v) is 5.48. The fraction of sp³-hybridized carbons (Fsp3) is 0.222. The van der Waals surface area contributed by atoms with Gasteiger partial charge in [-0.2, -0.15) is 0 Å². The van der Waals surface area contributed by atoms with Crippen LogP contribution in [-0.2, 0) is 8.98 Å². The second-order valence-electron chi connectivity index (χ2n) is 2.76. The van der Waals surface area contributed by atoms with Crippen LogP contribution in [0.5, 0.6) is 0 Å². The van der Waals surface area contributed by atoms with Gasteiger partial charge < -0.3 is 4.18 Å². The Balaban J connectivity index is 2.87. The zero-order valence-corrected chi connectivity index (χ0v) is 9.88. The molecule has 0 radical (unpaired) electrons. The van der Waals surface area contributed by atoms with Crippen molar-refractivity contribution in [1.82, 2.24) is 0 Å². The molecule has 0 spiro atoms. The van der Waals surface area contributed by atoms with E-state index in [0.717, 1.165) is 0 Å². The van der Waals surface area contributed by atoms with Crippen LogP contribution in [0.3, 0.4) is 0 Å². The molecule has 5 nitrogen and oxygen atoms in total. The number of nitro benzene ring substituents is 1. The maximum atomic E-state index is 10.9. The van der Waals surface area contributed by atoms with E-state index in [0.29, 0.717) is 12.0 Å². The number of rotatable bonds is 4. The van der Waals surface area contributed by atoms with Gasteiger partial charge in [0.05, 0.1) is 4.92 Å². The van der Waals surface area contributed by atoms with Gasteiger partial charge in [-0.1, -0.05) is 18.5 Å². The summed E-state index contributed by atoms with van der Waals surface area (Å²) in [7, 11) is 0. The molecule has 1 aromatic carbocycles. The molecule has 0 N–H and O–H groups in total. The molecule has 7 heteroatoms. The topological polar surface area (TPSA) is 69.4 Å². The molecule has 0 aliphatic carbocycles. The quantitative estimate of drug-likeness (QED) is 0.473. The highest BCUT2D eigenvalue weighted by molar-refractivity contribution is 7.95. The molecular weight excluding hydrogens is 254 g/mol. The van der Waals surface area contributed by atoms with Crippen molar-refractivity contribution < 1.29 is 13.9 Å². The second kappa shape index (κ2) is 5.72. The summed E-state index contributed by atoms with van der Waals surface area (Å²) in [6.45, 7) is 1.64. The Morgan fingerprint density at radius 1 is 1.62 bits per heavy atom. The predicted molar refractivity (Wildman–Crippen MR) is 60.3 cm³/mol. The Labute approximate surface area is 101 Å². The van der Waals surface area contributed by atoms with E-state index in [1.165, 1.54) is 18.2 Å². The number of hydrogen-bond donors (Lipinski definition) is 0. The van der Waals surface area contributed by atoms with E-state index < -0.39 is 10.9 Å². The molecular formula is C9H8ClNO4S. The summed E-state index contributed by atoms with van der Waals surface area (Å²) >= 11 is 6.30. The van der Waals surface area contributed by atoms with Gasteiger partial charge in [-0.3, -0.25) is 14.9 Å². The molecule has 16 heavy (non-hydrogen) atoms. The Morgan fingerprint density at radius 2 is 2.31 bits per heavy atom. The van der Waals surface area contributed by atoms with E-state index in [9.17, 15) is 14.9 Å². The molecule has 0 bridgehead atoms. The fourth-order valence-electron chi connectivity index (χ4n) is 0.854. The third-order valence-corrected chi connectivity index (χ3v) is 2.66. The lowest BCUT2D eigenvalue weighted by molar-refractivity contribution is -0.387. The van der Waals surface area contributed by atoms with Gasteiger partial charge >= 0.3 is 5.97 Å². The summed E-state index contributed by atoms with van der Waals surface area (Å²) in [5.41, 5.74) is -0.179. The second-order valence-corrected chi connectivity index (χ2v) is 3.97. The SMILES string of the molecule is CCC(=O)OSc1ccc(Cl)cc1[N+](=O)[O-]. The van der Waals surface area contributed by atoms with Gasteiger partial charge in [-0.15, -0.1) is 0 Å². The third-order valence-electron chi connectivity index (χ3n) is 1.63. The zero-order chi connectivity index (χ0) is 12.1. The molecule has 0 unspecified atom stereocenters. The van der Waals surface area contributed by atoms with E-state index >= 15 is 0 Å². The fourth-order valence-corrected chi connectivity index (χ4v) is 1.66. The highest BCUT2D eigenvalue weighted by Gasteiger charge is 2.16. The van der Waals surface area contributed by atoms with Crippen molar-refractivity contribution in [2.24, 2.45) is 0 Å². The molecule has 0 aliphatic heterocycles. The third kappa shape index (κ3) is 3.39. The first-order chi connectivity index (χ1) is 7.54. The number of nitrogens with zero attached hydrogens (tertiary/aromatic N) is 1. The van der Waals surface area contributed by atoms with E-state index in [2.05, 4.69) is 0 Å². The molecule has 86 valence electrons. The average Bonchev–Trinajstić information content (AvgIpc) is 2.26. The molecule has 0 saturated heterocycles. The molecule has 0 atom stereocenters. The number of halogens is 1. The molecule has 0 aliphatic rings. The molecule has 0 aromatic heterocycles. The van der Waals surface area contributed by atoms with Crippen molar-refractivity contribution in [3.05, 3.63) is 33.3 Å². The van der Waals surface area contributed by atoms with Crippen LogP contribution in [0.25, 0.3) is 0 Å². The van der Waals surface area contributed by atoms with E-state index in [4.69, 9.17) is 15.8 Å². The maximum Gasteiger partial charge on any atom is 0.317 e. The Hall–Kier alpha value is -1.27. The van der Waals surface area contributed by atoms with Crippen molar-refractivity contribution in [1.29, 1.82) is 0 Å². The van der Waals surface area contributed by atoms with E-state index in [-0.39, 0.29) is 22.0 Å². The molecule has 1 aromatic rings. The van der Waals surface area contributed by atoms with Crippen LogP contribution in [0.4, 0.5) is 5.69 Å². The van der Waals surface area contributed by atoms with Crippen molar-refractivity contribution in [3.63, 3.8) is 0 Å². The van der Waals surface area contributed by atoms with Crippen LogP contribution in [-0.4, -0.2) is 10.9 Å². The number of benzene rings is 1. The lowest BCUT2D eigenvalue weighted by Gasteiger charge is -2.02. The maximum absolute atomic E-state index is 10.9. The van der Waals surface area contributed by atoms with Gasteiger partial charge in [0.2, 0.25) is 0 Å². The van der Waals surface area contributed by atoms with E-state index in [1.807, 2.05) is 0 Å². The highest BCUT2D eigenvalue weighted by atomic mass is 35.5. The zero-order valence-electron chi connectivity index (χ0n) is 8.31. The number of carbonyl (C=O) groups excluding carboxylic acids is 1. The highest BCUT2D eigenvalue weighted by Crippen LogP contribution is 2.32. The van der Waals surface area contributed by atoms with Crippen LogP contribution in [0.1, 0.15) is 13.3 Å². The summed E-state index contributed by atoms with van der Waals surface area (Å²) in [6, 6.07) is 4.15. The summed E-state index contributed by atoms with van der Waals surface area (Å²) in [4.78, 5) is 21.2. The minimum atomic E-state index is -0.575. The normalized spacial score (nSPS) is 9.88. The van der Waals surface area contributed by atoms with Crippen LogP contribution >= 0.6 is 23.6 Å². The number of carbonyl (C=O) groups is 1. The minimum absolute atomic E-state index is 0.179. The van der Waals surface area contributed by atoms with Gasteiger partial charge in [-0.05, 0) is 12.1 Å². The van der Waals surface area contributed by atoms with Gasteiger partial charge in [0, 0.05) is 17.5 Å². The van der Waals surface area contributed by atoms with Crippen molar-refractivity contribution >= 4 is 35.3 Å². The van der Waals surface area contributed by atoms with Gasteiger partial charge in [0.25, 0.3) is 5.69 Å². The molecule has 0 fully saturated rings. The van der Waals surface area contributed by atoms with Crippen LogP contribution < -0.4 is 0 Å². The van der Waals surface area contributed by atoms with Crippen LogP contribution in [0, 0.1) is 10.1 Å². The summed E-state index contributed by atoms with van der Waals surface area (Å²) in [5, 5.41) is 10.9. The lowest BCUT2D eigenvalue weighted by Crippen LogP contribution is -1.96. The number of hydrogen-bond acceptors (Lipinski definition) is 5. The van der Waals surface area contributed by atoms with Gasteiger partial charge in [0.15, 0.2) is 0 Å². The first-order valence-electron chi connectivity index (χ1n) is 4.36. The Bertz CT molecular complexity index is 424. The average molecular weight is 262 g/mol. The van der Waals surface area contributed by atoms with Crippen molar-refractivity contribution in [2.75, 3.05) is 0 Å². The van der Waals surface area contributed by atoms with Gasteiger partial charge in [0.1, 0.15) is 16.9 Å². The van der Waals surface area contributed by atoms with Crippen LogP contribution in [0.15, 0.2) is 23.1 Å². The largest absolute Gasteiger partial charge is 0.386 e. The van der Waals surface area contributed by atoms with Crippen molar-refractivity contribution in [3.8, 4) is 0 Å². The lowest BCUT2D eigenvalue weighted by atomic mass is 10.3.